The van der Waals surface area contributed by atoms with Gasteiger partial charge in [-0.3, -0.25) is 4.79 Å². The number of amides is 1. The fraction of sp³-hybridized carbons (Fsp3) is 0.533. The predicted octanol–water partition coefficient (Wildman–Crippen LogP) is 1.39. The lowest BCUT2D eigenvalue weighted by atomic mass is 10.1. The van der Waals surface area contributed by atoms with Gasteiger partial charge in [-0.2, -0.15) is 0 Å². The van der Waals surface area contributed by atoms with Crippen LogP contribution in [0.3, 0.4) is 0 Å². The number of halogens is 1. The predicted molar refractivity (Wildman–Crippen MR) is 73.1 cm³/mol. The first kappa shape index (κ1) is 13.4. The third-order valence-electron chi connectivity index (χ3n) is 3.73. The van der Waals surface area contributed by atoms with Crippen molar-refractivity contribution >= 4 is 5.91 Å². The highest BCUT2D eigenvalue weighted by molar-refractivity contribution is 5.81. The Balaban J connectivity index is 1.47. The fourth-order valence-electron chi connectivity index (χ4n) is 2.36. The van der Waals surface area contributed by atoms with Crippen LogP contribution < -0.4 is 15.4 Å². The lowest BCUT2D eigenvalue weighted by Crippen LogP contribution is -2.46. The van der Waals surface area contributed by atoms with E-state index >= 15 is 0 Å². The molecule has 0 spiro atoms. The molecule has 1 aliphatic carbocycles. The number of fused-ring (bicyclic) bond motifs is 1. The second-order valence-corrected chi connectivity index (χ2v) is 5.61. The van der Waals surface area contributed by atoms with Crippen LogP contribution in [0.1, 0.15) is 25.3 Å². The van der Waals surface area contributed by atoms with E-state index in [0.717, 1.165) is 24.2 Å². The molecule has 1 heterocycles. The van der Waals surface area contributed by atoms with E-state index in [1.807, 2.05) is 6.92 Å². The van der Waals surface area contributed by atoms with Gasteiger partial charge >= 0.3 is 0 Å². The maximum atomic E-state index is 13.1. The molecule has 1 fully saturated rings. The van der Waals surface area contributed by atoms with Gasteiger partial charge in [0.25, 0.3) is 0 Å². The Morgan fingerprint density at radius 1 is 1.50 bits per heavy atom. The van der Waals surface area contributed by atoms with E-state index in [9.17, 15) is 9.18 Å². The number of rotatable bonds is 5. The van der Waals surface area contributed by atoms with E-state index in [1.54, 1.807) is 6.07 Å². The maximum absolute atomic E-state index is 13.1. The Hall–Kier alpha value is -1.62. The first-order valence-corrected chi connectivity index (χ1v) is 7.10. The van der Waals surface area contributed by atoms with Crippen LogP contribution in [0.5, 0.6) is 5.75 Å². The summed E-state index contributed by atoms with van der Waals surface area (Å²) < 4.78 is 18.8. The number of ether oxygens (including phenoxy) is 1. The van der Waals surface area contributed by atoms with E-state index < -0.39 is 0 Å². The molecule has 1 aliphatic heterocycles. The average Bonchev–Trinajstić information content (AvgIpc) is 3.13. The standard InChI is InChI=1S/C15H19FN2O2/c1-9(15(19)18-12-3-4-12)17-8-13-7-10-6-11(16)2-5-14(10)20-13/h2,5-6,9,12-13,17H,3-4,7-8H2,1H3,(H,18,19). The molecule has 0 saturated heterocycles. The Morgan fingerprint density at radius 2 is 2.30 bits per heavy atom. The van der Waals surface area contributed by atoms with E-state index in [0.29, 0.717) is 19.0 Å². The highest BCUT2D eigenvalue weighted by atomic mass is 19.1. The van der Waals surface area contributed by atoms with Gasteiger partial charge in [0.15, 0.2) is 0 Å². The van der Waals surface area contributed by atoms with Crippen molar-refractivity contribution < 1.29 is 13.9 Å². The van der Waals surface area contributed by atoms with Crippen LogP contribution in [0.25, 0.3) is 0 Å². The van der Waals surface area contributed by atoms with Gasteiger partial charge in [-0.15, -0.1) is 0 Å². The molecular formula is C15H19FN2O2. The topological polar surface area (TPSA) is 50.4 Å². The molecule has 3 rings (SSSR count). The minimum atomic E-state index is -0.238. The zero-order chi connectivity index (χ0) is 14.1. The number of nitrogens with one attached hydrogen (secondary N) is 2. The summed E-state index contributed by atoms with van der Waals surface area (Å²) in [5.74, 6) is 0.542. The maximum Gasteiger partial charge on any atom is 0.237 e. The fourth-order valence-corrected chi connectivity index (χ4v) is 2.36. The summed E-state index contributed by atoms with van der Waals surface area (Å²) >= 11 is 0. The van der Waals surface area contributed by atoms with Crippen LogP contribution in [0.4, 0.5) is 4.39 Å². The van der Waals surface area contributed by atoms with Gasteiger partial charge in [-0.05, 0) is 38.0 Å². The number of carbonyl (C=O) groups is 1. The van der Waals surface area contributed by atoms with Crippen molar-refractivity contribution in [2.45, 2.75) is 44.4 Å². The van der Waals surface area contributed by atoms with Crippen LogP contribution in [0, 0.1) is 5.82 Å². The van der Waals surface area contributed by atoms with E-state index in [-0.39, 0.29) is 23.9 Å². The highest BCUT2D eigenvalue weighted by Crippen LogP contribution is 2.28. The molecule has 1 amide bonds. The lowest BCUT2D eigenvalue weighted by Gasteiger charge is -2.17. The van der Waals surface area contributed by atoms with Gasteiger partial charge < -0.3 is 15.4 Å². The van der Waals surface area contributed by atoms with Crippen LogP contribution in [0.2, 0.25) is 0 Å². The van der Waals surface area contributed by atoms with Crippen LogP contribution in [-0.4, -0.2) is 30.6 Å². The second kappa shape index (κ2) is 5.40. The molecule has 20 heavy (non-hydrogen) atoms. The molecule has 2 N–H and O–H groups in total. The summed E-state index contributed by atoms with van der Waals surface area (Å²) in [6.07, 6.45) is 2.82. The number of benzene rings is 1. The normalized spacial score (nSPS) is 22.0. The summed E-state index contributed by atoms with van der Waals surface area (Å²) in [6.45, 7) is 2.43. The van der Waals surface area contributed by atoms with Crippen molar-refractivity contribution in [3.8, 4) is 5.75 Å². The number of hydrogen-bond donors (Lipinski definition) is 2. The smallest absolute Gasteiger partial charge is 0.237 e. The molecule has 0 aromatic heterocycles. The SMILES string of the molecule is CC(NCC1Cc2cc(F)ccc2O1)C(=O)NC1CC1. The third-order valence-corrected chi connectivity index (χ3v) is 3.73. The van der Waals surface area contributed by atoms with E-state index in [1.165, 1.54) is 12.1 Å². The highest BCUT2D eigenvalue weighted by Gasteiger charge is 2.27. The molecule has 0 bridgehead atoms. The summed E-state index contributed by atoms with van der Waals surface area (Å²) in [4.78, 5) is 11.8. The molecule has 1 saturated carbocycles. The number of carbonyl (C=O) groups excluding carboxylic acids is 1. The molecule has 2 aliphatic rings. The molecule has 1 aromatic carbocycles. The van der Waals surface area contributed by atoms with Crippen molar-refractivity contribution in [3.05, 3.63) is 29.6 Å². The van der Waals surface area contributed by atoms with Crippen LogP contribution >= 0.6 is 0 Å². The summed E-state index contributed by atoms with van der Waals surface area (Å²) in [5, 5.41) is 6.14. The largest absolute Gasteiger partial charge is 0.488 e. The van der Waals surface area contributed by atoms with Gasteiger partial charge in [0.05, 0.1) is 6.04 Å². The van der Waals surface area contributed by atoms with Crippen molar-refractivity contribution in [3.63, 3.8) is 0 Å². The van der Waals surface area contributed by atoms with Gasteiger partial charge in [0.1, 0.15) is 17.7 Å². The third kappa shape index (κ3) is 3.10. The molecular weight excluding hydrogens is 259 g/mol. The van der Waals surface area contributed by atoms with Crippen LogP contribution in [-0.2, 0) is 11.2 Å². The van der Waals surface area contributed by atoms with Gasteiger partial charge in [0, 0.05) is 24.6 Å². The van der Waals surface area contributed by atoms with E-state index in [4.69, 9.17) is 4.74 Å². The molecule has 108 valence electrons. The molecule has 0 radical (unpaired) electrons. The summed E-state index contributed by atoms with van der Waals surface area (Å²) in [7, 11) is 0. The van der Waals surface area contributed by atoms with E-state index in [2.05, 4.69) is 10.6 Å². The minimum absolute atomic E-state index is 0.0362. The molecule has 2 unspecified atom stereocenters. The van der Waals surface area contributed by atoms with Gasteiger partial charge in [-0.1, -0.05) is 0 Å². The minimum Gasteiger partial charge on any atom is -0.488 e. The molecule has 1 aromatic rings. The van der Waals surface area contributed by atoms with Crippen molar-refractivity contribution in [2.75, 3.05) is 6.54 Å². The Morgan fingerprint density at radius 3 is 3.05 bits per heavy atom. The van der Waals surface area contributed by atoms with Gasteiger partial charge in [-0.25, -0.2) is 4.39 Å². The molecule has 2 atom stereocenters. The van der Waals surface area contributed by atoms with Crippen molar-refractivity contribution in [1.82, 2.24) is 10.6 Å². The number of hydrogen-bond acceptors (Lipinski definition) is 3. The van der Waals surface area contributed by atoms with Crippen molar-refractivity contribution in [2.24, 2.45) is 0 Å². The lowest BCUT2D eigenvalue weighted by molar-refractivity contribution is -0.122. The first-order valence-electron chi connectivity index (χ1n) is 7.10. The monoisotopic (exact) mass is 278 g/mol. The Labute approximate surface area is 117 Å². The Kier molecular flexibility index (Phi) is 3.61. The Bertz CT molecular complexity index is 517. The average molecular weight is 278 g/mol. The zero-order valence-corrected chi connectivity index (χ0v) is 11.5. The van der Waals surface area contributed by atoms with Gasteiger partial charge in [0.2, 0.25) is 5.91 Å². The second-order valence-electron chi connectivity index (χ2n) is 5.61. The van der Waals surface area contributed by atoms with Crippen molar-refractivity contribution in [1.29, 1.82) is 0 Å². The summed E-state index contributed by atoms with van der Waals surface area (Å²) in [6, 6.07) is 4.72. The molecule has 5 heteroatoms. The quantitative estimate of drug-likeness (QED) is 0.855. The summed E-state index contributed by atoms with van der Waals surface area (Å²) in [5.41, 5.74) is 0.895. The zero-order valence-electron chi connectivity index (χ0n) is 11.5. The first-order chi connectivity index (χ1) is 9.61. The van der Waals surface area contributed by atoms with Crippen LogP contribution in [0.15, 0.2) is 18.2 Å². The molecule has 4 nitrogen and oxygen atoms in total.